The number of rotatable bonds is 6. The first-order valence-electron chi connectivity index (χ1n) is 5.99. The molecule has 96 valence electrons. The first-order chi connectivity index (χ1) is 8.02. The third-order valence-corrected chi connectivity index (χ3v) is 3.15. The third kappa shape index (κ3) is 5.17. The summed E-state index contributed by atoms with van der Waals surface area (Å²) in [7, 11) is 0. The Labute approximate surface area is 111 Å². The van der Waals surface area contributed by atoms with Crippen LogP contribution in [-0.4, -0.2) is 11.4 Å². The Morgan fingerprint density at radius 3 is 2.53 bits per heavy atom. The molecule has 0 aliphatic carbocycles. The van der Waals surface area contributed by atoms with Gasteiger partial charge < -0.3 is 4.74 Å². The molecule has 0 heterocycles. The average Bonchev–Trinajstić information content (AvgIpc) is 2.24. The van der Waals surface area contributed by atoms with Gasteiger partial charge in [-0.25, -0.2) is 4.39 Å². The summed E-state index contributed by atoms with van der Waals surface area (Å²) in [6.45, 7) is 6.41. The van der Waals surface area contributed by atoms with Gasteiger partial charge in [-0.2, -0.15) is 0 Å². The number of hydrogen-bond acceptors (Lipinski definition) is 1. The predicted octanol–water partition coefficient (Wildman–Crippen LogP) is 4.71. The molecule has 3 heteroatoms. The molecule has 0 aliphatic heterocycles. The molecule has 0 radical (unpaired) electrons. The van der Waals surface area contributed by atoms with E-state index in [4.69, 9.17) is 4.74 Å². The molecule has 2 atom stereocenters. The van der Waals surface area contributed by atoms with Crippen LogP contribution < -0.4 is 0 Å². The Hall–Kier alpha value is -0.410. The van der Waals surface area contributed by atoms with Gasteiger partial charge in [-0.15, -0.1) is 0 Å². The molecule has 0 saturated heterocycles. The second kappa shape index (κ2) is 7.12. The molecule has 0 aliphatic rings. The van der Waals surface area contributed by atoms with Gasteiger partial charge in [0.25, 0.3) is 0 Å². The topological polar surface area (TPSA) is 9.23 Å². The standard InChI is InChI=1S/C14H20BrFO/c1-10(2)7-11(3)17-14(9-15)12-5-4-6-13(16)8-12/h4-6,8,10-11,14H,7,9H2,1-3H3. The van der Waals surface area contributed by atoms with Crippen LogP contribution in [0.2, 0.25) is 0 Å². The van der Waals surface area contributed by atoms with E-state index in [1.807, 2.05) is 6.07 Å². The molecule has 2 unspecified atom stereocenters. The molecular formula is C14H20BrFO. The summed E-state index contributed by atoms with van der Waals surface area (Å²) in [4.78, 5) is 0. The van der Waals surface area contributed by atoms with Crippen LogP contribution in [0.25, 0.3) is 0 Å². The SMILES string of the molecule is CC(C)CC(C)OC(CBr)c1cccc(F)c1. The van der Waals surface area contributed by atoms with Crippen LogP contribution in [0.3, 0.4) is 0 Å². The molecule has 0 amide bonds. The van der Waals surface area contributed by atoms with E-state index in [0.29, 0.717) is 11.2 Å². The highest BCUT2D eigenvalue weighted by Crippen LogP contribution is 2.24. The van der Waals surface area contributed by atoms with Crippen LogP contribution in [0.15, 0.2) is 24.3 Å². The van der Waals surface area contributed by atoms with Crippen molar-refractivity contribution in [3.8, 4) is 0 Å². The highest BCUT2D eigenvalue weighted by atomic mass is 79.9. The molecular weight excluding hydrogens is 283 g/mol. The molecule has 1 nitrogen and oxygen atoms in total. The number of halogens is 2. The van der Waals surface area contributed by atoms with Gasteiger partial charge in [0.05, 0.1) is 12.2 Å². The molecule has 0 fully saturated rings. The van der Waals surface area contributed by atoms with Gasteiger partial charge in [0.1, 0.15) is 5.82 Å². The van der Waals surface area contributed by atoms with Crippen molar-refractivity contribution in [1.29, 1.82) is 0 Å². The normalized spacial score (nSPS) is 14.9. The lowest BCUT2D eigenvalue weighted by Gasteiger charge is -2.22. The number of ether oxygens (including phenoxy) is 1. The van der Waals surface area contributed by atoms with Crippen LogP contribution in [0.1, 0.15) is 38.9 Å². The van der Waals surface area contributed by atoms with E-state index in [-0.39, 0.29) is 18.0 Å². The molecule has 17 heavy (non-hydrogen) atoms. The summed E-state index contributed by atoms with van der Waals surface area (Å²) in [6, 6.07) is 6.61. The lowest BCUT2D eigenvalue weighted by molar-refractivity contribution is -0.000143. The molecule has 0 bridgehead atoms. The molecule has 0 aromatic heterocycles. The molecule has 0 N–H and O–H groups in total. The number of alkyl halides is 1. The van der Waals surface area contributed by atoms with Crippen molar-refractivity contribution in [3.63, 3.8) is 0 Å². The summed E-state index contributed by atoms with van der Waals surface area (Å²) in [5.41, 5.74) is 0.887. The second-order valence-electron chi connectivity index (χ2n) is 4.77. The Bertz CT molecular complexity index is 341. The minimum absolute atomic E-state index is 0.0838. The van der Waals surface area contributed by atoms with Crippen molar-refractivity contribution in [1.82, 2.24) is 0 Å². The third-order valence-electron chi connectivity index (χ3n) is 2.56. The fourth-order valence-corrected chi connectivity index (χ4v) is 2.44. The van der Waals surface area contributed by atoms with Crippen LogP contribution in [0, 0.1) is 11.7 Å². The monoisotopic (exact) mass is 302 g/mol. The van der Waals surface area contributed by atoms with E-state index in [0.717, 1.165) is 12.0 Å². The van der Waals surface area contributed by atoms with E-state index in [1.165, 1.54) is 12.1 Å². The van der Waals surface area contributed by atoms with E-state index in [2.05, 4.69) is 36.7 Å². The van der Waals surface area contributed by atoms with Gasteiger partial charge in [-0.1, -0.05) is 41.9 Å². The first kappa shape index (κ1) is 14.7. The highest BCUT2D eigenvalue weighted by molar-refractivity contribution is 9.09. The Kier molecular flexibility index (Phi) is 6.14. The minimum atomic E-state index is -0.214. The van der Waals surface area contributed by atoms with Gasteiger partial charge in [-0.05, 0) is 37.0 Å². The summed E-state index contributed by atoms with van der Waals surface area (Å²) in [6.07, 6.45) is 1.11. The molecule has 0 spiro atoms. The average molecular weight is 303 g/mol. The van der Waals surface area contributed by atoms with Crippen LogP contribution in [-0.2, 0) is 4.74 Å². The first-order valence-corrected chi connectivity index (χ1v) is 7.12. The van der Waals surface area contributed by atoms with Crippen molar-refractivity contribution in [3.05, 3.63) is 35.6 Å². The van der Waals surface area contributed by atoms with Crippen LogP contribution >= 0.6 is 15.9 Å². The van der Waals surface area contributed by atoms with Crippen molar-refractivity contribution < 1.29 is 9.13 Å². The summed E-state index contributed by atoms with van der Waals surface area (Å²) in [5, 5.41) is 0.679. The summed E-state index contributed by atoms with van der Waals surface area (Å²) >= 11 is 3.42. The molecule has 0 saturated carbocycles. The van der Waals surface area contributed by atoms with Crippen LogP contribution in [0.5, 0.6) is 0 Å². The Morgan fingerprint density at radius 2 is 2.00 bits per heavy atom. The van der Waals surface area contributed by atoms with Gasteiger partial charge in [0.2, 0.25) is 0 Å². The van der Waals surface area contributed by atoms with E-state index in [1.54, 1.807) is 6.07 Å². The fraction of sp³-hybridized carbons (Fsp3) is 0.571. The minimum Gasteiger partial charge on any atom is -0.370 e. The van der Waals surface area contributed by atoms with Crippen molar-refractivity contribution in [2.45, 2.75) is 39.4 Å². The second-order valence-corrected chi connectivity index (χ2v) is 5.42. The van der Waals surface area contributed by atoms with E-state index in [9.17, 15) is 4.39 Å². The van der Waals surface area contributed by atoms with Gasteiger partial charge in [0, 0.05) is 5.33 Å². The molecule has 1 rings (SSSR count). The maximum atomic E-state index is 13.1. The zero-order chi connectivity index (χ0) is 12.8. The Balaban J connectivity index is 2.65. The summed E-state index contributed by atoms with van der Waals surface area (Å²) in [5.74, 6) is 0.391. The lowest BCUT2D eigenvalue weighted by atomic mass is 10.1. The highest BCUT2D eigenvalue weighted by Gasteiger charge is 2.15. The van der Waals surface area contributed by atoms with Crippen molar-refractivity contribution in [2.75, 3.05) is 5.33 Å². The van der Waals surface area contributed by atoms with Crippen molar-refractivity contribution in [2.24, 2.45) is 5.92 Å². The largest absolute Gasteiger partial charge is 0.370 e. The zero-order valence-electron chi connectivity index (χ0n) is 10.6. The predicted molar refractivity (Wildman–Crippen MR) is 72.9 cm³/mol. The van der Waals surface area contributed by atoms with Gasteiger partial charge >= 0.3 is 0 Å². The van der Waals surface area contributed by atoms with Crippen LogP contribution in [0.4, 0.5) is 4.39 Å². The maximum absolute atomic E-state index is 13.1. The summed E-state index contributed by atoms with van der Waals surface area (Å²) < 4.78 is 19.1. The van der Waals surface area contributed by atoms with E-state index >= 15 is 0 Å². The lowest BCUT2D eigenvalue weighted by Crippen LogP contribution is -2.16. The fourth-order valence-electron chi connectivity index (χ4n) is 1.91. The van der Waals surface area contributed by atoms with Gasteiger partial charge in [-0.3, -0.25) is 0 Å². The number of hydrogen-bond donors (Lipinski definition) is 0. The maximum Gasteiger partial charge on any atom is 0.123 e. The smallest absolute Gasteiger partial charge is 0.123 e. The molecule has 1 aromatic carbocycles. The molecule has 1 aromatic rings. The van der Waals surface area contributed by atoms with Crippen molar-refractivity contribution >= 4 is 15.9 Å². The quantitative estimate of drug-likeness (QED) is 0.691. The van der Waals surface area contributed by atoms with E-state index < -0.39 is 0 Å². The zero-order valence-corrected chi connectivity index (χ0v) is 12.2. The van der Waals surface area contributed by atoms with Gasteiger partial charge in [0.15, 0.2) is 0 Å². The Morgan fingerprint density at radius 1 is 1.29 bits per heavy atom. The number of benzene rings is 1.